The highest BCUT2D eigenvalue weighted by Crippen LogP contribution is 2.34. The van der Waals surface area contributed by atoms with E-state index in [0.29, 0.717) is 6.61 Å². The van der Waals surface area contributed by atoms with Crippen LogP contribution in [-0.4, -0.2) is 49.7 Å². The third kappa shape index (κ3) is 4.78. The minimum Gasteiger partial charge on any atom is -0.382 e. The van der Waals surface area contributed by atoms with E-state index in [2.05, 4.69) is 22.4 Å². The molecule has 0 N–H and O–H groups in total. The lowest BCUT2D eigenvalue weighted by atomic mass is 9.85. The van der Waals surface area contributed by atoms with Crippen LogP contribution >= 0.6 is 11.3 Å². The van der Waals surface area contributed by atoms with Crippen LogP contribution in [0.2, 0.25) is 0 Å². The number of thiophene rings is 1. The van der Waals surface area contributed by atoms with Crippen molar-refractivity contribution in [1.82, 2.24) is 4.90 Å². The zero-order chi connectivity index (χ0) is 20.9. The number of methoxy groups -OCH3 is 1. The summed E-state index contributed by atoms with van der Waals surface area (Å²) >= 11 is 1.79. The molecule has 4 nitrogen and oxygen atoms in total. The number of anilines is 1. The van der Waals surface area contributed by atoms with Gasteiger partial charge < -0.3 is 14.5 Å². The summed E-state index contributed by atoms with van der Waals surface area (Å²) in [5.74, 6) is -0.507. The predicted molar refractivity (Wildman–Crippen MR) is 113 cm³/mol. The van der Waals surface area contributed by atoms with E-state index in [1.54, 1.807) is 23.3 Å². The van der Waals surface area contributed by atoms with Crippen molar-refractivity contribution in [1.29, 1.82) is 0 Å². The molecule has 0 saturated carbocycles. The van der Waals surface area contributed by atoms with Crippen LogP contribution in [0.1, 0.15) is 33.8 Å². The molecule has 0 bridgehead atoms. The highest BCUT2D eigenvalue weighted by molar-refractivity contribution is 7.09. The zero-order valence-corrected chi connectivity index (χ0v) is 17.0. The first-order valence-electron chi connectivity index (χ1n) is 10.5. The maximum atomic E-state index is 13.2. The van der Waals surface area contributed by atoms with Crippen LogP contribution in [0.15, 0.2) is 47.8 Å². The van der Waals surface area contributed by atoms with Gasteiger partial charge in [0.2, 0.25) is 5.91 Å². The number of rotatable bonds is 8. The third-order valence-corrected chi connectivity index (χ3v) is 6.30. The Morgan fingerprint density at radius 1 is 1.26 bits per heavy atom. The van der Waals surface area contributed by atoms with E-state index in [0.717, 1.165) is 44.6 Å². The molecule has 1 aliphatic heterocycles. The normalized spacial score (nSPS) is 18.6. The van der Waals surface area contributed by atoms with E-state index >= 15 is 0 Å². The Balaban J connectivity index is 1.80. The number of carbonyl (C=O) groups is 1. The summed E-state index contributed by atoms with van der Waals surface area (Å²) in [4.78, 5) is 18.7. The molecule has 3 rings (SSSR count). The summed E-state index contributed by atoms with van der Waals surface area (Å²) in [6.45, 7) is 4.44. The van der Waals surface area contributed by atoms with Gasteiger partial charge in [-0.1, -0.05) is 31.2 Å². The number of ether oxygens (including phenoxy) is 1. The van der Waals surface area contributed by atoms with Gasteiger partial charge in [0.1, 0.15) is 0 Å². The average Bonchev–Trinajstić information content (AvgIpc) is 3.22. The Morgan fingerprint density at radius 2 is 2.00 bits per heavy atom. The quantitative estimate of drug-likeness (QED) is 0.679. The van der Waals surface area contributed by atoms with Crippen molar-refractivity contribution in [3.05, 3.63) is 52.7 Å². The summed E-state index contributed by atoms with van der Waals surface area (Å²) in [6, 6.07) is 13.7. The first-order valence-corrected chi connectivity index (χ1v) is 10.4. The number of benzene rings is 1. The van der Waals surface area contributed by atoms with Crippen LogP contribution in [0.5, 0.6) is 0 Å². The van der Waals surface area contributed by atoms with Crippen molar-refractivity contribution in [2.45, 2.75) is 38.1 Å². The fraction of sp³-hybridized carbons (Fsp3) is 0.500. The molecule has 2 aromatic rings. The molecule has 0 aliphatic carbocycles. The van der Waals surface area contributed by atoms with Crippen molar-refractivity contribution in [2.75, 3.05) is 38.3 Å². The smallest absolute Gasteiger partial charge is 0.227 e. The topological polar surface area (TPSA) is 32.8 Å². The van der Waals surface area contributed by atoms with Gasteiger partial charge in [0, 0.05) is 46.4 Å². The van der Waals surface area contributed by atoms with Gasteiger partial charge >= 0.3 is 0 Å². The van der Waals surface area contributed by atoms with Crippen molar-refractivity contribution in [2.24, 2.45) is 0 Å². The molecular weight excluding hydrogens is 356 g/mol. The number of hydrogen-bond donors (Lipinski definition) is 0. The first kappa shape index (κ1) is 17.4. The van der Waals surface area contributed by atoms with Crippen molar-refractivity contribution in [3.8, 4) is 0 Å². The second-order valence-corrected chi connectivity index (χ2v) is 8.09. The lowest BCUT2D eigenvalue weighted by Gasteiger charge is -2.48. The van der Waals surface area contributed by atoms with E-state index in [1.807, 2.05) is 30.3 Å². The minimum atomic E-state index is -1.95. The van der Waals surface area contributed by atoms with Gasteiger partial charge in [0.05, 0.1) is 12.1 Å². The molecule has 5 heteroatoms. The molecule has 0 radical (unpaired) electrons. The van der Waals surface area contributed by atoms with Crippen LogP contribution in [0.3, 0.4) is 0 Å². The molecule has 1 saturated heterocycles. The number of hydrogen-bond acceptors (Lipinski definition) is 4. The molecule has 27 heavy (non-hydrogen) atoms. The molecule has 1 amide bonds. The van der Waals surface area contributed by atoms with Crippen LogP contribution in [0, 0.1) is 0 Å². The zero-order valence-electron chi connectivity index (χ0n) is 18.2. The molecule has 2 heterocycles. The monoisotopic (exact) mass is 388 g/mol. The fourth-order valence-electron chi connectivity index (χ4n) is 3.91. The Morgan fingerprint density at radius 3 is 2.59 bits per heavy atom. The van der Waals surface area contributed by atoms with Gasteiger partial charge in [0.25, 0.3) is 0 Å². The van der Waals surface area contributed by atoms with E-state index in [-0.39, 0.29) is 0 Å². The summed E-state index contributed by atoms with van der Waals surface area (Å²) in [5, 5.41) is 2.11. The molecule has 0 unspecified atom stereocenters. The maximum Gasteiger partial charge on any atom is 0.227 e. The Labute approximate surface area is 169 Å². The van der Waals surface area contributed by atoms with Crippen LogP contribution in [0.25, 0.3) is 0 Å². The fourth-order valence-corrected chi connectivity index (χ4v) is 4.61. The average molecular weight is 389 g/mol. The Bertz CT molecular complexity index is 770. The van der Waals surface area contributed by atoms with Crippen molar-refractivity contribution in [3.63, 3.8) is 0 Å². The highest BCUT2D eigenvalue weighted by atomic mass is 32.1. The predicted octanol–water partition coefficient (Wildman–Crippen LogP) is 4.21. The molecule has 146 valence electrons. The standard InChI is InChI=1S/C22H30N2O2S/c1-3-21(25)24(19-8-5-4-6-9-19)22(18-26-2)12-15-23(16-13-22)14-11-20-10-7-17-27-20/h4-10,17H,3,11-16,18H2,1-2H3/i3D2. The summed E-state index contributed by atoms with van der Waals surface area (Å²) in [5.41, 5.74) is 0.183. The number of nitrogens with zero attached hydrogens (tertiary/aromatic N) is 2. The molecule has 1 aromatic heterocycles. The second kappa shape index (κ2) is 9.49. The van der Waals surface area contributed by atoms with Gasteiger partial charge in [-0.15, -0.1) is 11.3 Å². The van der Waals surface area contributed by atoms with E-state index < -0.39 is 17.8 Å². The van der Waals surface area contributed by atoms with Crippen LogP contribution < -0.4 is 4.90 Å². The lowest BCUT2D eigenvalue weighted by molar-refractivity contribution is -0.120. The van der Waals surface area contributed by atoms with Crippen molar-refractivity contribution < 1.29 is 12.3 Å². The summed E-state index contributed by atoms with van der Waals surface area (Å²) < 4.78 is 21.7. The molecule has 0 atom stereocenters. The SMILES string of the molecule is [2H]C([2H])(C)C(=O)N(c1ccccc1)C1(COC)CCN(CCc2cccs2)CC1. The Hall–Kier alpha value is -1.69. The van der Waals surface area contributed by atoms with E-state index in [1.165, 1.54) is 11.8 Å². The van der Waals surface area contributed by atoms with Gasteiger partial charge in [-0.05, 0) is 42.8 Å². The number of likely N-dealkylation sites (tertiary alicyclic amines) is 1. The molecule has 1 fully saturated rings. The van der Waals surface area contributed by atoms with Gasteiger partial charge in [-0.25, -0.2) is 0 Å². The second-order valence-electron chi connectivity index (χ2n) is 7.05. The molecule has 1 aliphatic rings. The molecule has 0 spiro atoms. The number of piperidine rings is 1. The van der Waals surface area contributed by atoms with E-state index in [4.69, 9.17) is 7.48 Å². The largest absolute Gasteiger partial charge is 0.382 e. The molecule has 1 aromatic carbocycles. The van der Waals surface area contributed by atoms with Gasteiger partial charge in [-0.3, -0.25) is 4.79 Å². The number of amides is 1. The van der Waals surface area contributed by atoms with Crippen molar-refractivity contribution >= 4 is 22.9 Å². The molecular formula is C22H30N2O2S. The number of para-hydroxylation sites is 1. The van der Waals surface area contributed by atoms with Gasteiger partial charge in [-0.2, -0.15) is 0 Å². The lowest BCUT2D eigenvalue weighted by Crippen LogP contribution is -2.60. The highest BCUT2D eigenvalue weighted by Gasteiger charge is 2.42. The Kier molecular flexibility index (Phi) is 6.12. The first-order chi connectivity index (χ1) is 13.9. The summed E-state index contributed by atoms with van der Waals surface area (Å²) in [6.07, 6.45) is 0.588. The summed E-state index contributed by atoms with van der Waals surface area (Å²) in [7, 11) is 1.65. The number of carbonyl (C=O) groups excluding carboxylic acids is 1. The minimum absolute atomic E-state index is 0.391. The maximum absolute atomic E-state index is 13.2. The van der Waals surface area contributed by atoms with E-state index in [9.17, 15) is 4.79 Å². The van der Waals surface area contributed by atoms with Gasteiger partial charge in [0.15, 0.2) is 0 Å². The van der Waals surface area contributed by atoms with Crippen LogP contribution in [-0.2, 0) is 16.0 Å². The van der Waals surface area contributed by atoms with Crippen LogP contribution in [0.4, 0.5) is 5.69 Å². The third-order valence-electron chi connectivity index (χ3n) is 5.36.